The zero-order valence-electron chi connectivity index (χ0n) is 9.99. The van der Waals surface area contributed by atoms with Crippen molar-refractivity contribution in [1.82, 2.24) is 10.3 Å². The Morgan fingerprint density at radius 3 is 2.88 bits per heavy atom. The SMILES string of the molecule is CCC[C@@H](N)C(=O)NC(C)c1ncc(C)s1. The highest BCUT2D eigenvalue weighted by molar-refractivity contribution is 7.11. The van der Waals surface area contributed by atoms with Crippen LogP contribution in [0, 0.1) is 6.92 Å². The number of hydrogen-bond acceptors (Lipinski definition) is 4. The molecule has 0 spiro atoms. The van der Waals surface area contributed by atoms with Crippen LogP contribution in [0.2, 0.25) is 0 Å². The molecule has 0 radical (unpaired) electrons. The summed E-state index contributed by atoms with van der Waals surface area (Å²) in [6.07, 6.45) is 3.45. The van der Waals surface area contributed by atoms with Gasteiger partial charge < -0.3 is 11.1 Å². The van der Waals surface area contributed by atoms with Crippen molar-refractivity contribution in [3.8, 4) is 0 Å². The van der Waals surface area contributed by atoms with Crippen molar-refractivity contribution in [3.05, 3.63) is 16.1 Å². The summed E-state index contributed by atoms with van der Waals surface area (Å²) in [5, 5.41) is 3.80. The molecular weight excluding hydrogens is 222 g/mol. The maximum absolute atomic E-state index is 11.7. The van der Waals surface area contributed by atoms with Crippen molar-refractivity contribution in [2.75, 3.05) is 0 Å². The summed E-state index contributed by atoms with van der Waals surface area (Å²) in [5.41, 5.74) is 5.73. The molecule has 0 fully saturated rings. The molecule has 1 aromatic heterocycles. The van der Waals surface area contributed by atoms with Gasteiger partial charge in [0.15, 0.2) is 0 Å². The second-order valence-corrected chi connectivity index (χ2v) is 5.20. The molecule has 0 saturated heterocycles. The minimum atomic E-state index is -0.409. The van der Waals surface area contributed by atoms with Crippen molar-refractivity contribution in [1.29, 1.82) is 0 Å². The van der Waals surface area contributed by atoms with Gasteiger partial charge in [-0.3, -0.25) is 4.79 Å². The maximum atomic E-state index is 11.7. The summed E-state index contributed by atoms with van der Waals surface area (Å²) in [6.45, 7) is 5.94. The third-order valence-corrected chi connectivity index (χ3v) is 3.40. The van der Waals surface area contributed by atoms with E-state index in [1.807, 2.05) is 27.0 Å². The number of carbonyl (C=O) groups excluding carboxylic acids is 1. The molecular formula is C11H19N3OS. The first-order valence-electron chi connectivity index (χ1n) is 5.52. The van der Waals surface area contributed by atoms with Gasteiger partial charge in [-0.2, -0.15) is 0 Å². The van der Waals surface area contributed by atoms with E-state index in [9.17, 15) is 4.79 Å². The van der Waals surface area contributed by atoms with Gasteiger partial charge in [0, 0.05) is 11.1 Å². The lowest BCUT2D eigenvalue weighted by Gasteiger charge is -2.15. The molecule has 4 nitrogen and oxygen atoms in total. The number of rotatable bonds is 5. The van der Waals surface area contributed by atoms with Crippen molar-refractivity contribution >= 4 is 17.2 Å². The fourth-order valence-corrected chi connectivity index (χ4v) is 2.17. The second-order valence-electron chi connectivity index (χ2n) is 3.93. The number of nitrogens with one attached hydrogen (secondary N) is 1. The molecule has 16 heavy (non-hydrogen) atoms. The third-order valence-electron chi connectivity index (χ3n) is 2.30. The first-order chi connectivity index (χ1) is 7.54. The molecule has 0 aromatic carbocycles. The zero-order valence-corrected chi connectivity index (χ0v) is 10.8. The van der Waals surface area contributed by atoms with Crippen LogP contribution >= 0.6 is 11.3 Å². The molecule has 0 aliphatic carbocycles. The minimum Gasteiger partial charge on any atom is -0.346 e. The molecule has 2 atom stereocenters. The van der Waals surface area contributed by atoms with Gasteiger partial charge in [0.1, 0.15) is 5.01 Å². The van der Waals surface area contributed by atoms with Gasteiger partial charge in [-0.15, -0.1) is 11.3 Å². The highest BCUT2D eigenvalue weighted by Gasteiger charge is 2.17. The monoisotopic (exact) mass is 241 g/mol. The Bertz CT molecular complexity index is 351. The Morgan fingerprint density at radius 1 is 1.69 bits per heavy atom. The van der Waals surface area contributed by atoms with Crippen LogP contribution < -0.4 is 11.1 Å². The molecule has 0 bridgehead atoms. The highest BCUT2D eigenvalue weighted by atomic mass is 32.1. The normalized spacial score (nSPS) is 14.5. The van der Waals surface area contributed by atoms with Gasteiger partial charge in [0.2, 0.25) is 5.91 Å². The molecule has 1 unspecified atom stereocenters. The summed E-state index contributed by atoms with van der Waals surface area (Å²) >= 11 is 1.60. The van der Waals surface area contributed by atoms with Crippen LogP contribution in [0.1, 0.15) is 42.6 Å². The molecule has 1 aromatic rings. The molecule has 1 rings (SSSR count). The third kappa shape index (κ3) is 3.57. The number of hydrogen-bond donors (Lipinski definition) is 2. The van der Waals surface area contributed by atoms with E-state index in [0.717, 1.165) is 22.7 Å². The predicted molar refractivity (Wildman–Crippen MR) is 66.3 cm³/mol. The quantitative estimate of drug-likeness (QED) is 0.825. The van der Waals surface area contributed by atoms with Crippen molar-refractivity contribution < 1.29 is 4.79 Å². The molecule has 5 heteroatoms. The summed E-state index contributed by atoms with van der Waals surface area (Å²) < 4.78 is 0. The Kier molecular flexibility index (Phi) is 4.89. The first-order valence-corrected chi connectivity index (χ1v) is 6.34. The Morgan fingerprint density at radius 2 is 2.38 bits per heavy atom. The highest BCUT2D eigenvalue weighted by Crippen LogP contribution is 2.18. The fraction of sp³-hybridized carbons (Fsp3) is 0.636. The van der Waals surface area contributed by atoms with Crippen molar-refractivity contribution in [2.45, 2.75) is 45.7 Å². The van der Waals surface area contributed by atoms with E-state index in [4.69, 9.17) is 5.73 Å². The summed E-state index contributed by atoms with van der Waals surface area (Å²) in [4.78, 5) is 17.0. The van der Waals surface area contributed by atoms with Crippen molar-refractivity contribution in [2.24, 2.45) is 5.73 Å². The van der Waals surface area contributed by atoms with E-state index in [2.05, 4.69) is 10.3 Å². The van der Waals surface area contributed by atoms with E-state index in [0.29, 0.717) is 0 Å². The van der Waals surface area contributed by atoms with Crippen LogP contribution in [0.15, 0.2) is 6.20 Å². The van der Waals surface area contributed by atoms with Crippen LogP contribution in [0.4, 0.5) is 0 Å². The average Bonchev–Trinajstić information content (AvgIpc) is 2.65. The maximum Gasteiger partial charge on any atom is 0.237 e. The molecule has 90 valence electrons. The minimum absolute atomic E-state index is 0.0610. The standard InChI is InChI=1S/C11H19N3OS/c1-4-5-9(12)10(15)14-8(3)11-13-6-7(2)16-11/h6,8-9H,4-5,12H2,1-3H3,(H,14,15)/t8?,9-/m1/s1. The van der Waals surface area contributed by atoms with Crippen molar-refractivity contribution in [3.63, 3.8) is 0 Å². The molecule has 0 aliphatic heterocycles. The number of carbonyl (C=O) groups is 1. The largest absolute Gasteiger partial charge is 0.346 e. The van der Waals surface area contributed by atoms with Gasteiger partial charge in [0.05, 0.1) is 12.1 Å². The number of amides is 1. The molecule has 1 amide bonds. The van der Waals surface area contributed by atoms with Crippen LogP contribution in [-0.4, -0.2) is 16.9 Å². The van der Waals surface area contributed by atoms with Crippen LogP contribution in [0.25, 0.3) is 0 Å². The van der Waals surface area contributed by atoms with Crippen LogP contribution in [-0.2, 0) is 4.79 Å². The zero-order chi connectivity index (χ0) is 12.1. The van der Waals surface area contributed by atoms with Crippen LogP contribution in [0.3, 0.4) is 0 Å². The van der Waals surface area contributed by atoms with Crippen LogP contribution in [0.5, 0.6) is 0 Å². The van der Waals surface area contributed by atoms with E-state index < -0.39 is 6.04 Å². The number of aryl methyl sites for hydroxylation is 1. The Balaban J connectivity index is 2.51. The molecule has 1 heterocycles. The molecule has 0 aliphatic rings. The predicted octanol–water partition coefficient (Wildman–Crippen LogP) is 1.76. The van der Waals surface area contributed by atoms with Gasteiger partial charge in [-0.25, -0.2) is 4.98 Å². The lowest BCUT2D eigenvalue weighted by atomic mass is 10.1. The van der Waals surface area contributed by atoms with E-state index in [-0.39, 0.29) is 11.9 Å². The fourth-order valence-electron chi connectivity index (χ4n) is 1.40. The van der Waals surface area contributed by atoms with E-state index in [1.165, 1.54) is 0 Å². The summed E-state index contributed by atoms with van der Waals surface area (Å²) in [7, 11) is 0. The van der Waals surface area contributed by atoms with E-state index >= 15 is 0 Å². The topological polar surface area (TPSA) is 68.0 Å². The molecule has 3 N–H and O–H groups in total. The van der Waals surface area contributed by atoms with Gasteiger partial charge in [0.25, 0.3) is 0 Å². The first kappa shape index (κ1) is 13.1. The Labute approximate surface area is 100 Å². The summed E-state index contributed by atoms with van der Waals surface area (Å²) in [6, 6.07) is -0.470. The summed E-state index contributed by atoms with van der Waals surface area (Å²) in [5.74, 6) is -0.0952. The number of nitrogens with two attached hydrogens (primary N) is 1. The number of aromatic nitrogens is 1. The average molecular weight is 241 g/mol. The number of thiazole rings is 1. The lowest BCUT2D eigenvalue weighted by molar-refractivity contribution is -0.123. The lowest BCUT2D eigenvalue weighted by Crippen LogP contribution is -2.41. The molecule has 0 saturated carbocycles. The van der Waals surface area contributed by atoms with E-state index in [1.54, 1.807) is 11.3 Å². The smallest absolute Gasteiger partial charge is 0.237 e. The Hall–Kier alpha value is -0.940. The van der Waals surface area contributed by atoms with Gasteiger partial charge >= 0.3 is 0 Å². The number of nitrogens with zero attached hydrogens (tertiary/aromatic N) is 1. The van der Waals surface area contributed by atoms with Gasteiger partial charge in [-0.05, 0) is 20.3 Å². The second kappa shape index (κ2) is 5.96. The van der Waals surface area contributed by atoms with Gasteiger partial charge in [-0.1, -0.05) is 13.3 Å².